The number of aryl methyl sites for hydroxylation is 2. The van der Waals surface area contributed by atoms with Crippen molar-refractivity contribution in [2.24, 2.45) is 0 Å². The smallest absolute Gasteiger partial charge is 0.277 e. The summed E-state index contributed by atoms with van der Waals surface area (Å²) in [7, 11) is 0. The first-order valence-corrected chi connectivity index (χ1v) is 6.33. The van der Waals surface area contributed by atoms with Gasteiger partial charge < -0.3 is 5.32 Å². The number of H-pyrrole nitrogens is 1. The summed E-state index contributed by atoms with van der Waals surface area (Å²) in [6.45, 7) is 3.86. The second-order valence-electron chi connectivity index (χ2n) is 4.74. The van der Waals surface area contributed by atoms with E-state index in [0.717, 1.165) is 22.2 Å². The van der Waals surface area contributed by atoms with E-state index in [2.05, 4.69) is 20.5 Å². The lowest BCUT2D eigenvalue weighted by Gasteiger charge is -2.05. The van der Waals surface area contributed by atoms with Gasteiger partial charge in [-0.25, -0.2) is 4.98 Å². The van der Waals surface area contributed by atoms with Crippen molar-refractivity contribution >= 4 is 22.6 Å². The van der Waals surface area contributed by atoms with Crippen molar-refractivity contribution < 1.29 is 4.79 Å². The first-order valence-electron chi connectivity index (χ1n) is 6.33. The van der Waals surface area contributed by atoms with E-state index in [-0.39, 0.29) is 5.91 Å². The van der Waals surface area contributed by atoms with Crippen LogP contribution >= 0.6 is 0 Å². The van der Waals surface area contributed by atoms with Gasteiger partial charge in [0.2, 0.25) is 0 Å². The van der Waals surface area contributed by atoms with E-state index in [4.69, 9.17) is 0 Å². The second kappa shape index (κ2) is 4.77. The lowest BCUT2D eigenvalue weighted by atomic mass is 10.2. The molecule has 0 fully saturated rings. The van der Waals surface area contributed by atoms with Gasteiger partial charge in [-0.05, 0) is 37.6 Å². The van der Waals surface area contributed by atoms with Crippen molar-refractivity contribution in [3.63, 3.8) is 0 Å². The highest BCUT2D eigenvalue weighted by Gasteiger charge is 2.14. The van der Waals surface area contributed by atoms with Crippen molar-refractivity contribution in [2.75, 3.05) is 5.32 Å². The van der Waals surface area contributed by atoms with Crippen molar-refractivity contribution in [1.82, 2.24) is 15.2 Å². The zero-order valence-corrected chi connectivity index (χ0v) is 11.3. The van der Waals surface area contributed by atoms with Crippen molar-refractivity contribution in [3.05, 3.63) is 53.3 Å². The zero-order chi connectivity index (χ0) is 14.1. The molecule has 0 aliphatic rings. The van der Waals surface area contributed by atoms with Gasteiger partial charge in [0.25, 0.3) is 5.91 Å². The van der Waals surface area contributed by atoms with Crippen LogP contribution in [0.25, 0.3) is 10.9 Å². The van der Waals surface area contributed by atoms with Gasteiger partial charge in [-0.3, -0.25) is 9.89 Å². The molecule has 0 atom stereocenters. The first-order chi connectivity index (χ1) is 9.63. The van der Waals surface area contributed by atoms with E-state index in [1.54, 1.807) is 0 Å². The van der Waals surface area contributed by atoms with E-state index in [9.17, 15) is 4.79 Å². The molecule has 0 saturated heterocycles. The van der Waals surface area contributed by atoms with Crippen LogP contribution in [0.5, 0.6) is 0 Å². The minimum atomic E-state index is -0.264. The summed E-state index contributed by atoms with van der Waals surface area (Å²) in [5, 5.41) is 10.5. The number of rotatable bonds is 2. The summed E-state index contributed by atoms with van der Waals surface area (Å²) in [5.41, 5.74) is 3.14. The standard InChI is InChI=1S/C15H14N4O/c1-9-7-10(2)16-13(8-9)17-15(20)14-11-5-3-4-6-12(11)18-19-14/h3-8H,1-2H3,(H,18,19)(H,16,17,20). The van der Waals surface area contributed by atoms with E-state index in [1.165, 1.54) is 0 Å². The number of aromatic amines is 1. The lowest BCUT2D eigenvalue weighted by Crippen LogP contribution is -2.14. The monoisotopic (exact) mass is 266 g/mol. The van der Waals surface area contributed by atoms with Gasteiger partial charge in [-0.15, -0.1) is 0 Å². The van der Waals surface area contributed by atoms with Crippen LogP contribution in [0.1, 0.15) is 21.7 Å². The molecule has 0 bridgehead atoms. The summed E-state index contributed by atoms with van der Waals surface area (Å²) in [6, 6.07) is 11.3. The number of nitrogens with zero attached hydrogens (tertiary/aromatic N) is 2. The normalized spacial score (nSPS) is 10.7. The molecule has 5 nitrogen and oxygen atoms in total. The first kappa shape index (κ1) is 12.3. The molecule has 3 rings (SSSR count). The topological polar surface area (TPSA) is 70.7 Å². The number of amides is 1. The number of fused-ring (bicyclic) bond motifs is 1. The Bertz CT molecular complexity index is 771. The third kappa shape index (κ3) is 2.25. The highest BCUT2D eigenvalue weighted by Crippen LogP contribution is 2.17. The van der Waals surface area contributed by atoms with Crippen molar-refractivity contribution in [1.29, 1.82) is 0 Å². The van der Waals surface area contributed by atoms with Crippen LogP contribution in [0.15, 0.2) is 36.4 Å². The number of pyridine rings is 1. The number of aromatic nitrogens is 3. The average Bonchev–Trinajstić information content (AvgIpc) is 2.81. The predicted octanol–water partition coefficient (Wildman–Crippen LogP) is 2.83. The number of carbonyl (C=O) groups excluding carboxylic acids is 1. The molecule has 5 heteroatoms. The molecular formula is C15H14N4O. The molecule has 0 spiro atoms. The van der Waals surface area contributed by atoms with Crippen molar-refractivity contribution in [2.45, 2.75) is 13.8 Å². The molecule has 1 aromatic carbocycles. The molecule has 2 aromatic heterocycles. The quantitative estimate of drug-likeness (QED) is 0.749. The Kier molecular flexibility index (Phi) is 2.95. The number of para-hydroxylation sites is 1. The number of nitrogens with one attached hydrogen (secondary N) is 2. The van der Waals surface area contributed by atoms with Gasteiger partial charge in [-0.1, -0.05) is 18.2 Å². The highest BCUT2D eigenvalue weighted by atomic mass is 16.2. The molecule has 0 radical (unpaired) electrons. The molecule has 2 heterocycles. The highest BCUT2D eigenvalue weighted by molar-refractivity contribution is 6.10. The fourth-order valence-electron chi connectivity index (χ4n) is 2.22. The van der Waals surface area contributed by atoms with E-state index in [1.807, 2.05) is 50.2 Å². The van der Waals surface area contributed by atoms with E-state index >= 15 is 0 Å². The maximum Gasteiger partial charge on any atom is 0.277 e. The molecule has 2 N–H and O–H groups in total. The molecule has 100 valence electrons. The number of anilines is 1. The maximum absolute atomic E-state index is 12.3. The summed E-state index contributed by atoms with van der Waals surface area (Å²) in [4.78, 5) is 16.6. The molecule has 0 aliphatic heterocycles. The summed E-state index contributed by atoms with van der Waals surface area (Å²) in [6.07, 6.45) is 0. The van der Waals surface area contributed by atoms with Crippen LogP contribution in [0.4, 0.5) is 5.82 Å². The number of carbonyl (C=O) groups is 1. The minimum absolute atomic E-state index is 0.264. The van der Waals surface area contributed by atoms with E-state index in [0.29, 0.717) is 11.5 Å². The Hall–Kier alpha value is -2.69. The third-order valence-corrected chi connectivity index (χ3v) is 3.02. The van der Waals surface area contributed by atoms with Crippen LogP contribution < -0.4 is 5.32 Å². The predicted molar refractivity (Wildman–Crippen MR) is 77.8 cm³/mol. The molecular weight excluding hydrogens is 252 g/mol. The Labute approximate surface area is 116 Å². The summed E-state index contributed by atoms with van der Waals surface area (Å²) < 4.78 is 0. The number of benzene rings is 1. The van der Waals surface area contributed by atoms with Gasteiger partial charge in [0.1, 0.15) is 5.82 Å². The maximum atomic E-state index is 12.3. The molecule has 0 saturated carbocycles. The van der Waals surface area contributed by atoms with Crippen LogP contribution in [0.2, 0.25) is 0 Å². The number of hydrogen-bond acceptors (Lipinski definition) is 3. The lowest BCUT2D eigenvalue weighted by molar-refractivity contribution is 0.102. The Morgan fingerprint density at radius 1 is 1.20 bits per heavy atom. The average molecular weight is 266 g/mol. The van der Waals surface area contributed by atoms with Crippen LogP contribution in [0.3, 0.4) is 0 Å². The van der Waals surface area contributed by atoms with Gasteiger partial charge >= 0.3 is 0 Å². The SMILES string of the molecule is Cc1cc(C)nc(NC(=O)c2n[nH]c3ccccc23)c1. The third-order valence-electron chi connectivity index (χ3n) is 3.02. The van der Waals surface area contributed by atoms with Crippen molar-refractivity contribution in [3.8, 4) is 0 Å². The Balaban J connectivity index is 1.93. The largest absolute Gasteiger partial charge is 0.305 e. The Morgan fingerprint density at radius 3 is 2.80 bits per heavy atom. The van der Waals surface area contributed by atoms with Gasteiger partial charge in [0, 0.05) is 11.1 Å². The van der Waals surface area contributed by atoms with Gasteiger partial charge in [0.05, 0.1) is 5.52 Å². The molecule has 1 amide bonds. The fourth-order valence-corrected chi connectivity index (χ4v) is 2.22. The van der Waals surface area contributed by atoms with Crippen LogP contribution in [0, 0.1) is 13.8 Å². The van der Waals surface area contributed by atoms with E-state index < -0.39 is 0 Å². The van der Waals surface area contributed by atoms with Gasteiger partial charge in [-0.2, -0.15) is 5.10 Å². The minimum Gasteiger partial charge on any atom is -0.305 e. The summed E-state index contributed by atoms with van der Waals surface area (Å²) >= 11 is 0. The van der Waals surface area contributed by atoms with Crippen LogP contribution in [-0.4, -0.2) is 21.1 Å². The van der Waals surface area contributed by atoms with Gasteiger partial charge in [0.15, 0.2) is 5.69 Å². The molecule has 20 heavy (non-hydrogen) atoms. The Morgan fingerprint density at radius 2 is 2.00 bits per heavy atom. The fraction of sp³-hybridized carbons (Fsp3) is 0.133. The summed E-state index contributed by atoms with van der Waals surface area (Å²) in [5.74, 6) is 0.277. The molecule has 0 unspecified atom stereocenters. The number of hydrogen-bond donors (Lipinski definition) is 2. The molecule has 3 aromatic rings. The van der Waals surface area contributed by atoms with Crippen LogP contribution in [-0.2, 0) is 0 Å². The second-order valence-corrected chi connectivity index (χ2v) is 4.74. The zero-order valence-electron chi connectivity index (χ0n) is 11.3. The molecule has 0 aliphatic carbocycles.